The number of methoxy groups -OCH3 is 1. The maximum Gasteiger partial charge on any atom is 0.111 e. The van der Waals surface area contributed by atoms with E-state index in [4.69, 9.17) is 10.5 Å². The Labute approximate surface area is 99.3 Å². The van der Waals surface area contributed by atoms with Gasteiger partial charge in [-0.1, -0.05) is 6.07 Å². The molecule has 0 saturated carbocycles. The molecule has 2 N–H and O–H groups in total. The van der Waals surface area contributed by atoms with Crippen molar-refractivity contribution in [3.63, 3.8) is 0 Å². The molecular formula is C12H16N2OS. The number of nitrogens with zero attached hydrogens (tertiary/aromatic N) is 1. The van der Waals surface area contributed by atoms with Gasteiger partial charge in [-0.15, -0.1) is 11.3 Å². The number of hydrogen-bond donors (Lipinski definition) is 1. The Bertz CT molecular complexity index is 481. The van der Waals surface area contributed by atoms with E-state index in [9.17, 15) is 0 Å². The first-order valence-electron chi connectivity index (χ1n) is 5.32. The molecule has 16 heavy (non-hydrogen) atoms. The van der Waals surface area contributed by atoms with Crippen molar-refractivity contribution in [2.45, 2.75) is 19.4 Å². The van der Waals surface area contributed by atoms with E-state index in [0.29, 0.717) is 6.61 Å². The summed E-state index contributed by atoms with van der Waals surface area (Å²) < 4.78 is 6.24. The molecule has 2 aromatic rings. The summed E-state index contributed by atoms with van der Waals surface area (Å²) in [6.45, 7) is 2.76. The molecule has 3 nitrogen and oxygen atoms in total. The second kappa shape index (κ2) is 4.91. The second-order valence-electron chi connectivity index (χ2n) is 3.91. The van der Waals surface area contributed by atoms with Crippen LogP contribution < -0.4 is 5.73 Å². The van der Waals surface area contributed by atoms with Crippen LogP contribution in [0.2, 0.25) is 0 Å². The fourth-order valence-corrected chi connectivity index (χ4v) is 2.68. The van der Waals surface area contributed by atoms with E-state index in [-0.39, 0.29) is 6.04 Å². The predicted octanol–water partition coefficient (Wildman–Crippen LogP) is 2.64. The molecular weight excluding hydrogens is 220 g/mol. The van der Waals surface area contributed by atoms with E-state index in [2.05, 4.69) is 24.0 Å². The summed E-state index contributed by atoms with van der Waals surface area (Å²) in [5.74, 6) is 0. The molecule has 0 bridgehead atoms. The van der Waals surface area contributed by atoms with Gasteiger partial charge in [0.1, 0.15) is 5.01 Å². The molecule has 4 heteroatoms. The summed E-state index contributed by atoms with van der Waals surface area (Å²) in [7, 11) is 1.69. The van der Waals surface area contributed by atoms with Gasteiger partial charge in [-0.2, -0.15) is 0 Å². The van der Waals surface area contributed by atoms with Gasteiger partial charge in [0.25, 0.3) is 0 Å². The molecule has 1 atom stereocenters. The van der Waals surface area contributed by atoms with Crippen molar-refractivity contribution in [1.82, 2.24) is 4.98 Å². The van der Waals surface area contributed by atoms with Crippen LogP contribution in [0, 0.1) is 6.92 Å². The molecule has 0 fully saturated rings. The molecule has 1 aromatic heterocycles. The largest absolute Gasteiger partial charge is 0.385 e. The van der Waals surface area contributed by atoms with Crippen LogP contribution >= 0.6 is 11.3 Å². The Balaban J connectivity index is 2.25. The topological polar surface area (TPSA) is 48.1 Å². The van der Waals surface area contributed by atoms with Crippen LogP contribution in [0.5, 0.6) is 0 Å². The predicted molar refractivity (Wildman–Crippen MR) is 67.8 cm³/mol. The van der Waals surface area contributed by atoms with Gasteiger partial charge in [0.05, 0.1) is 16.3 Å². The molecule has 0 radical (unpaired) electrons. The SMILES string of the molecule is COCCC(N)c1nc2ccc(C)cc2s1. The molecule has 0 spiro atoms. The zero-order valence-corrected chi connectivity index (χ0v) is 10.4. The van der Waals surface area contributed by atoms with Crippen LogP contribution in [0.4, 0.5) is 0 Å². The van der Waals surface area contributed by atoms with Gasteiger partial charge in [-0.3, -0.25) is 0 Å². The number of thiazole rings is 1. The number of nitrogens with two attached hydrogens (primary N) is 1. The first-order chi connectivity index (χ1) is 7.70. The zero-order chi connectivity index (χ0) is 11.5. The zero-order valence-electron chi connectivity index (χ0n) is 9.56. The summed E-state index contributed by atoms with van der Waals surface area (Å²) in [5.41, 5.74) is 8.35. The lowest BCUT2D eigenvalue weighted by Gasteiger charge is -2.06. The fraction of sp³-hybridized carbons (Fsp3) is 0.417. The van der Waals surface area contributed by atoms with Crippen molar-refractivity contribution in [3.05, 3.63) is 28.8 Å². The van der Waals surface area contributed by atoms with Gasteiger partial charge in [-0.05, 0) is 31.0 Å². The van der Waals surface area contributed by atoms with E-state index in [1.807, 2.05) is 6.07 Å². The van der Waals surface area contributed by atoms with E-state index in [1.54, 1.807) is 18.4 Å². The molecule has 1 heterocycles. The Morgan fingerprint density at radius 2 is 2.31 bits per heavy atom. The summed E-state index contributed by atoms with van der Waals surface area (Å²) in [4.78, 5) is 4.54. The number of aryl methyl sites for hydroxylation is 1. The fourth-order valence-electron chi connectivity index (χ4n) is 1.58. The molecule has 0 saturated heterocycles. The Morgan fingerprint density at radius 1 is 1.50 bits per heavy atom. The molecule has 86 valence electrons. The van der Waals surface area contributed by atoms with Crippen LogP contribution in [-0.2, 0) is 4.74 Å². The maximum atomic E-state index is 6.05. The molecule has 1 unspecified atom stereocenters. The van der Waals surface area contributed by atoms with E-state index in [0.717, 1.165) is 16.9 Å². The van der Waals surface area contributed by atoms with Gasteiger partial charge in [-0.25, -0.2) is 4.98 Å². The second-order valence-corrected chi connectivity index (χ2v) is 4.97. The molecule has 0 aliphatic rings. The van der Waals surface area contributed by atoms with Crippen LogP contribution in [-0.4, -0.2) is 18.7 Å². The van der Waals surface area contributed by atoms with Crippen molar-refractivity contribution in [2.24, 2.45) is 5.73 Å². The minimum absolute atomic E-state index is 0.0161. The minimum Gasteiger partial charge on any atom is -0.385 e. The molecule has 0 aliphatic carbocycles. The van der Waals surface area contributed by atoms with Gasteiger partial charge >= 0.3 is 0 Å². The van der Waals surface area contributed by atoms with Crippen molar-refractivity contribution in [3.8, 4) is 0 Å². The van der Waals surface area contributed by atoms with Gasteiger partial charge in [0.15, 0.2) is 0 Å². The van der Waals surface area contributed by atoms with Crippen LogP contribution in [0.1, 0.15) is 23.0 Å². The highest BCUT2D eigenvalue weighted by Gasteiger charge is 2.11. The number of fused-ring (bicyclic) bond motifs is 1. The van der Waals surface area contributed by atoms with Crippen molar-refractivity contribution < 1.29 is 4.74 Å². The van der Waals surface area contributed by atoms with Gasteiger partial charge < -0.3 is 10.5 Å². The molecule has 0 aliphatic heterocycles. The summed E-state index contributed by atoms with van der Waals surface area (Å²) in [5, 5.41) is 0.998. The lowest BCUT2D eigenvalue weighted by molar-refractivity contribution is 0.188. The van der Waals surface area contributed by atoms with Crippen LogP contribution in [0.25, 0.3) is 10.2 Å². The first kappa shape index (κ1) is 11.5. The number of hydrogen-bond acceptors (Lipinski definition) is 4. The Hall–Kier alpha value is -0.970. The number of rotatable bonds is 4. The highest BCUT2D eigenvalue weighted by atomic mass is 32.1. The first-order valence-corrected chi connectivity index (χ1v) is 6.14. The van der Waals surface area contributed by atoms with Crippen LogP contribution in [0.15, 0.2) is 18.2 Å². The standard InChI is InChI=1S/C12H16N2OS/c1-8-3-4-10-11(7-8)16-12(14-10)9(13)5-6-15-2/h3-4,7,9H,5-6,13H2,1-2H3. The van der Waals surface area contributed by atoms with Crippen molar-refractivity contribution in [1.29, 1.82) is 0 Å². The summed E-state index contributed by atoms with van der Waals surface area (Å²) in [6, 6.07) is 6.26. The van der Waals surface area contributed by atoms with Gasteiger partial charge in [0.2, 0.25) is 0 Å². The summed E-state index contributed by atoms with van der Waals surface area (Å²) in [6.07, 6.45) is 0.815. The number of aromatic nitrogens is 1. The smallest absolute Gasteiger partial charge is 0.111 e. The maximum absolute atomic E-state index is 6.05. The highest BCUT2D eigenvalue weighted by Crippen LogP contribution is 2.27. The average molecular weight is 236 g/mol. The normalized spacial score (nSPS) is 13.2. The van der Waals surface area contributed by atoms with Gasteiger partial charge in [0, 0.05) is 13.7 Å². The summed E-state index contributed by atoms with van der Waals surface area (Å²) >= 11 is 1.68. The average Bonchev–Trinajstić information content (AvgIpc) is 2.68. The number of ether oxygens (including phenoxy) is 1. The van der Waals surface area contributed by atoms with Crippen LogP contribution in [0.3, 0.4) is 0 Å². The molecule has 2 rings (SSSR count). The minimum atomic E-state index is -0.0161. The lowest BCUT2D eigenvalue weighted by atomic mass is 10.2. The highest BCUT2D eigenvalue weighted by molar-refractivity contribution is 7.18. The van der Waals surface area contributed by atoms with E-state index < -0.39 is 0 Å². The monoisotopic (exact) mass is 236 g/mol. The van der Waals surface area contributed by atoms with E-state index >= 15 is 0 Å². The molecule has 0 amide bonds. The van der Waals surface area contributed by atoms with Crippen molar-refractivity contribution in [2.75, 3.05) is 13.7 Å². The lowest BCUT2D eigenvalue weighted by Crippen LogP contribution is -2.12. The quantitative estimate of drug-likeness (QED) is 0.887. The Morgan fingerprint density at radius 3 is 3.06 bits per heavy atom. The third-order valence-corrected chi connectivity index (χ3v) is 3.66. The third kappa shape index (κ3) is 2.40. The van der Waals surface area contributed by atoms with E-state index in [1.165, 1.54) is 10.3 Å². The third-order valence-electron chi connectivity index (χ3n) is 2.51. The Kier molecular flexibility index (Phi) is 3.53. The number of benzene rings is 1. The molecule has 1 aromatic carbocycles. The van der Waals surface area contributed by atoms with Crippen molar-refractivity contribution >= 4 is 21.6 Å².